The summed E-state index contributed by atoms with van der Waals surface area (Å²) in [6.07, 6.45) is 2.49. The average molecular weight is 158 g/mol. The maximum atomic E-state index is 10.9. The van der Waals surface area contributed by atoms with Crippen LogP contribution in [0.4, 0.5) is 0 Å². The van der Waals surface area contributed by atoms with Crippen molar-refractivity contribution in [2.24, 2.45) is 0 Å². The Morgan fingerprint density at radius 2 is 2.00 bits per heavy atom. The molecule has 3 nitrogen and oxygen atoms in total. The first-order chi connectivity index (χ1) is 5.16. The summed E-state index contributed by atoms with van der Waals surface area (Å²) in [5.74, 6) is -0.0885. The fourth-order valence-corrected chi connectivity index (χ4v) is 1.63. The highest BCUT2D eigenvalue weighted by Crippen LogP contribution is 2.15. The van der Waals surface area contributed by atoms with Crippen molar-refractivity contribution in [3.8, 4) is 0 Å². The molecule has 0 radical (unpaired) electrons. The molecule has 0 aromatic carbocycles. The van der Waals surface area contributed by atoms with Gasteiger partial charge in [-0.3, -0.25) is 0 Å². The minimum atomic E-state index is -0.0885. The van der Waals surface area contributed by atoms with Gasteiger partial charge in [-0.25, -0.2) is 4.79 Å². The van der Waals surface area contributed by atoms with Crippen molar-refractivity contribution in [2.45, 2.75) is 12.8 Å². The summed E-state index contributed by atoms with van der Waals surface area (Å²) in [4.78, 5) is 10.9. The molecular formula is C8H16NO2+. The lowest BCUT2D eigenvalue weighted by atomic mass is 10.4. The van der Waals surface area contributed by atoms with Gasteiger partial charge in [0.05, 0.1) is 27.2 Å². The normalized spacial score (nSPS) is 21.6. The average Bonchev–Trinajstić information content (AvgIpc) is 2.36. The number of carbonyl (C=O) groups is 1. The van der Waals surface area contributed by atoms with E-state index in [1.54, 1.807) is 0 Å². The first kappa shape index (κ1) is 8.53. The number of esters is 1. The quantitative estimate of drug-likeness (QED) is 0.429. The van der Waals surface area contributed by atoms with Crippen LogP contribution in [0.5, 0.6) is 0 Å². The number of hydrogen-bond donors (Lipinski definition) is 0. The van der Waals surface area contributed by atoms with Crippen LogP contribution in [-0.2, 0) is 9.53 Å². The summed E-state index contributed by atoms with van der Waals surface area (Å²) in [5, 5.41) is 0. The molecule has 3 heteroatoms. The summed E-state index contributed by atoms with van der Waals surface area (Å²) in [5.41, 5.74) is 0. The lowest BCUT2D eigenvalue weighted by Gasteiger charge is -2.27. The van der Waals surface area contributed by atoms with Crippen molar-refractivity contribution in [1.82, 2.24) is 0 Å². The third-order valence-corrected chi connectivity index (χ3v) is 2.38. The Balaban J connectivity index is 2.39. The van der Waals surface area contributed by atoms with Gasteiger partial charge < -0.3 is 9.22 Å². The lowest BCUT2D eigenvalue weighted by Crippen LogP contribution is -2.45. The molecule has 0 saturated carbocycles. The zero-order chi connectivity index (χ0) is 8.32. The molecule has 1 fully saturated rings. The van der Waals surface area contributed by atoms with Crippen molar-refractivity contribution in [1.29, 1.82) is 0 Å². The number of quaternary nitrogens is 1. The molecule has 0 atom stereocenters. The van der Waals surface area contributed by atoms with E-state index in [-0.39, 0.29) is 5.97 Å². The zero-order valence-corrected chi connectivity index (χ0v) is 7.30. The van der Waals surface area contributed by atoms with Crippen molar-refractivity contribution >= 4 is 5.97 Å². The fraction of sp³-hybridized carbons (Fsp3) is 0.875. The Labute approximate surface area is 67.5 Å². The molecule has 1 rings (SSSR count). The smallest absolute Gasteiger partial charge is 0.361 e. The van der Waals surface area contributed by atoms with Gasteiger partial charge in [-0.1, -0.05) is 0 Å². The SMILES string of the molecule is COC(=O)C[N+]1(C)CCCC1. The Hall–Kier alpha value is -0.570. The van der Waals surface area contributed by atoms with Gasteiger partial charge in [-0.15, -0.1) is 0 Å². The number of nitrogens with zero attached hydrogens (tertiary/aromatic N) is 1. The highest BCUT2D eigenvalue weighted by Gasteiger charge is 2.29. The highest BCUT2D eigenvalue weighted by molar-refractivity contribution is 5.70. The van der Waals surface area contributed by atoms with Crippen molar-refractivity contribution in [3.05, 3.63) is 0 Å². The minimum Gasteiger partial charge on any atom is -0.465 e. The lowest BCUT2D eigenvalue weighted by molar-refractivity contribution is -0.890. The first-order valence-electron chi connectivity index (χ1n) is 4.07. The van der Waals surface area contributed by atoms with Crippen LogP contribution in [-0.4, -0.2) is 44.2 Å². The number of likely N-dealkylation sites (N-methyl/N-ethyl adjacent to an activating group) is 1. The number of methoxy groups -OCH3 is 1. The Morgan fingerprint density at radius 1 is 1.45 bits per heavy atom. The first-order valence-corrected chi connectivity index (χ1v) is 4.07. The standard InChI is InChI=1S/C8H16NO2/c1-9(5-3-4-6-9)7-8(10)11-2/h3-7H2,1-2H3/q+1. The number of hydrogen-bond acceptors (Lipinski definition) is 2. The maximum absolute atomic E-state index is 10.9. The van der Waals surface area contributed by atoms with E-state index in [1.165, 1.54) is 20.0 Å². The molecule has 1 aliphatic heterocycles. The van der Waals surface area contributed by atoms with Crippen LogP contribution in [0, 0.1) is 0 Å². The Kier molecular flexibility index (Phi) is 2.49. The second-order valence-corrected chi connectivity index (χ2v) is 3.51. The van der Waals surface area contributed by atoms with E-state index in [4.69, 9.17) is 0 Å². The van der Waals surface area contributed by atoms with E-state index in [9.17, 15) is 4.79 Å². The Bertz CT molecular complexity index is 150. The van der Waals surface area contributed by atoms with Gasteiger partial charge in [-0.05, 0) is 0 Å². The zero-order valence-electron chi connectivity index (χ0n) is 7.30. The molecule has 0 aromatic heterocycles. The second-order valence-electron chi connectivity index (χ2n) is 3.51. The molecule has 64 valence electrons. The predicted molar refractivity (Wildman–Crippen MR) is 42.0 cm³/mol. The molecule has 0 aromatic rings. The van der Waals surface area contributed by atoms with Crippen LogP contribution >= 0.6 is 0 Å². The topological polar surface area (TPSA) is 26.3 Å². The fourth-order valence-electron chi connectivity index (χ4n) is 1.63. The predicted octanol–water partition coefficient (Wildman–Crippen LogP) is 0.400. The third-order valence-electron chi connectivity index (χ3n) is 2.38. The Morgan fingerprint density at radius 3 is 2.45 bits per heavy atom. The molecule has 0 unspecified atom stereocenters. The summed E-state index contributed by atoms with van der Waals surface area (Å²) in [6.45, 7) is 2.78. The summed E-state index contributed by atoms with van der Waals surface area (Å²) >= 11 is 0. The van der Waals surface area contributed by atoms with E-state index in [1.807, 2.05) is 0 Å². The highest BCUT2D eigenvalue weighted by atomic mass is 16.5. The minimum absolute atomic E-state index is 0.0885. The molecule has 0 N–H and O–H groups in total. The molecule has 0 bridgehead atoms. The second kappa shape index (κ2) is 3.22. The maximum Gasteiger partial charge on any atom is 0.361 e. The molecular weight excluding hydrogens is 142 g/mol. The van der Waals surface area contributed by atoms with E-state index < -0.39 is 0 Å². The number of carbonyl (C=O) groups excluding carboxylic acids is 1. The van der Waals surface area contributed by atoms with Crippen LogP contribution in [0.3, 0.4) is 0 Å². The number of rotatable bonds is 2. The van der Waals surface area contributed by atoms with E-state index >= 15 is 0 Å². The van der Waals surface area contributed by atoms with Crippen LogP contribution in [0.25, 0.3) is 0 Å². The van der Waals surface area contributed by atoms with Crippen molar-refractivity contribution < 1.29 is 14.0 Å². The van der Waals surface area contributed by atoms with E-state index in [0.717, 1.165) is 17.6 Å². The van der Waals surface area contributed by atoms with Gasteiger partial charge in [0, 0.05) is 12.8 Å². The van der Waals surface area contributed by atoms with Crippen LogP contribution < -0.4 is 0 Å². The monoisotopic (exact) mass is 158 g/mol. The van der Waals surface area contributed by atoms with Crippen molar-refractivity contribution in [2.75, 3.05) is 33.8 Å². The van der Waals surface area contributed by atoms with Gasteiger partial charge in [0.1, 0.15) is 0 Å². The van der Waals surface area contributed by atoms with Crippen LogP contribution in [0.15, 0.2) is 0 Å². The van der Waals surface area contributed by atoms with Crippen LogP contribution in [0.1, 0.15) is 12.8 Å². The number of likely N-dealkylation sites (tertiary alicyclic amines) is 1. The van der Waals surface area contributed by atoms with Gasteiger partial charge in [-0.2, -0.15) is 0 Å². The molecule has 0 amide bonds. The van der Waals surface area contributed by atoms with Gasteiger partial charge in [0.2, 0.25) is 0 Å². The largest absolute Gasteiger partial charge is 0.465 e. The summed E-state index contributed by atoms with van der Waals surface area (Å²) < 4.78 is 5.49. The molecule has 0 aliphatic carbocycles. The molecule has 1 saturated heterocycles. The summed E-state index contributed by atoms with van der Waals surface area (Å²) in [7, 11) is 3.56. The van der Waals surface area contributed by atoms with Crippen molar-refractivity contribution in [3.63, 3.8) is 0 Å². The summed E-state index contributed by atoms with van der Waals surface area (Å²) in [6, 6.07) is 0. The third kappa shape index (κ3) is 2.19. The van der Waals surface area contributed by atoms with Crippen LogP contribution in [0.2, 0.25) is 0 Å². The molecule has 1 heterocycles. The van der Waals surface area contributed by atoms with Gasteiger partial charge >= 0.3 is 5.97 Å². The molecule has 0 spiro atoms. The van der Waals surface area contributed by atoms with Gasteiger partial charge in [0.25, 0.3) is 0 Å². The molecule has 11 heavy (non-hydrogen) atoms. The molecule has 1 aliphatic rings. The van der Waals surface area contributed by atoms with E-state index in [0.29, 0.717) is 6.54 Å². The van der Waals surface area contributed by atoms with E-state index in [2.05, 4.69) is 11.8 Å². The van der Waals surface area contributed by atoms with Gasteiger partial charge in [0.15, 0.2) is 6.54 Å². The number of ether oxygens (including phenoxy) is 1.